The van der Waals surface area contributed by atoms with Crippen LogP contribution < -0.4 is 10.4 Å². The van der Waals surface area contributed by atoms with Crippen LogP contribution in [0.15, 0.2) is 60.7 Å². The molecule has 5 atom stereocenters. The van der Waals surface area contributed by atoms with Crippen molar-refractivity contribution in [1.29, 1.82) is 0 Å². The summed E-state index contributed by atoms with van der Waals surface area (Å²) in [5.41, 5.74) is -0.312. The molecule has 1 spiro atoms. The molecule has 172 valence electrons. The van der Waals surface area contributed by atoms with Crippen LogP contribution in [0.1, 0.15) is 54.4 Å². The van der Waals surface area contributed by atoms with Crippen molar-refractivity contribution in [2.24, 2.45) is 5.92 Å². The van der Waals surface area contributed by atoms with Crippen LogP contribution in [0.4, 0.5) is 0 Å². The fourth-order valence-electron chi connectivity index (χ4n) is 5.97. The van der Waals surface area contributed by atoms with E-state index >= 15 is 0 Å². The lowest BCUT2D eigenvalue weighted by Gasteiger charge is -2.46. The lowest BCUT2D eigenvalue weighted by Crippen LogP contribution is -2.69. The molecule has 3 aliphatic rings. The third kappa shape index (κ3) is 3.33. The molecule has 0 N–H and O–H groups in total. The van der Waals surface area contributed by atoms with Crippen LogP contribution in [0.5, 0.6) is 0 Å². The second-order valence-corrected chi connectivity index (χ2v) is 15.3. The van der Waals surface area contributed by atoms with E-state index in [1.165, 1.54) is 10.4 Å². The first-order valence-electron chi connectivity index (χ1n) is 12.0. The molecule has 0 amide bonds. The minimum atomic E-state index is -2.73. The highest BCUT2D eigenvalue weighted by molar-refractivity contribution is 6.99. The van der Waals surface area contributed by atoms with Gasteiger partial charge in [-0.25, -0.2) is 0 Å². The smallest absolute Gasteiger partial charge is 0.261 e. The van der Waals surface area contributed by atoms with Crippen LogP contribution in [-0.2, 0) is 18.6 Å². The van der Waals surface area contributed by atoms with Crippen molar-refractivity contribution in [2.75, 3.05) is 0 Å². The van der Waals surface area contributed by atoms with E-state index in [1.807, 2.05) is 13.8 Å². The molecule has 5 heteroatoms. The van der Waals surface area contributed by atoms with Gasteiger partial charge >= 0.3 is 0 Å². The minimum Gasteiger partial charge on any atom is -0.399 e. The van der Waals surface area contributed by atoms with E-state index in [0.29, 0.717) is 5.92 Å². The SMILES string of the molecule is CC[C@H]1C[C@@]12O[C@@H]1OC(C)(C)OC1[C@@H]2O[Si](c1ccccc1)(c1ccccc1)C(C)(C)C. The average molecular weight is 453 g/mol. The molecule has 4 nitrogen and oxygen atoms in total. The Hall–Kier alpha value is -1.50. The molecular formula is C27H36O4Si. The van der Waals surface area contributed by atoms with E-state index in [0.717, 1.165) is 12.8 Å². The van der Waals surface area contributed by atoms with Crippen LogP contribution in [0, 0.1) is 5.92 Å². The van der Waals surface area contributed by atoms with Gasteiger partial charge in [-0.1, -0.05) is 94.8 Å². The van der Waals surface area contributed by atoms with Crippen LogP contribution in [0.3, 0.4) is 0 Å². The molecule has 3 fully saturated rings. The molecule has 0 radical (unpaired) electrons. The van der Waals surface area contributed by atoms with Crippen molar-refractivity contribution in [3.63, 3.8) is 0 Å². The number of hydrogen-bond donors (Lipinski definition) is 0. The Balaban J connectivity index is 1.66. The standard InChI is InChI=1S/C27H36O4Si/c1-7-19-18-27(19)23(22-24(30-27)29-26(5,6)28-22)31-32(25(2,3)4,20-14-10-8-11-15-20)21-16-12-9-13-17-21/h8-17,19,22-24H,7,18H2,1-6H3/t19-,22?,23-,24-,27+/m0/s1. The molecule has 1 unspecified atom stereocenters. The molecule has 1 aliphatic carbocycles. The third-order valence-corrected chi connectivity index (χ3v) is 12.5. The van der Waals surface area contributed by atoms with Gasteiger partial charge in [0.15, 0.2) is 12.1 Å². The first-order valence-corrected chi connectivity index (χ1v) is 13.9. The normalized spacial score (nSPS) is 33.4. The molecule has 0 aromatic heterocycles. The lowest BCUT2D eigenvalue weighted by molar-refractivity contribution is -0.221. The zero-order valence-corrected chi connectivity index (χ0v) is 21.1. The van der Waals surface area contributed by atoms with E-state index in [-0.39, 0.29) is 29.1 Å². The topological polar surface area (TPSA) is 36.9 Å². The third-order valence-electron chi connectivity index (χ3n) is 7.51. The van der Waals surface area contributed by atoms with E-state index in [4.69, 9.17) is 18.6 Å². The second kappa shape index (κ2) is 7.50. The summed E-state index contributed by atoms with van der Waals surface area (Å²) >= 11 is 0. The predicted octanol–water partition coefficient (Wildman–Crippen LogP) is 4.61. The van der Waals surface area contributed by atoms with Gasteiger partial charge in [-0.15, -0.1) is 0 Å². The van der Waals surface area contributed by atoms with E-state index in [1.54, 1.807) is 0 Å². The van der Waals surface area contributed by atoms with Crippen LogP contribution in [0.25, 0.3) is 0 Å². The largest absolute Gasteiger partial charge is 0.399 e. The Bertz CT molecular complexity index is 915. The predicted molar refractivity (Wildman–Crippen MR) is 129 cm³/mol. The van der Waals surface area contributed by atoms with Crippen molar-refractivity contribution in [3.8, 4) is 0 Å². The Morgan fingerprint density at radius 3 is 1.94 bits per heavy atom. The second-order valence-electron chi connectivity index (χ2n) is 11.1. The summed E-state index contributed by atoms with van der Waals surface area (Å²) in [5.74, 6) is -0.188. The zero-order valence-electron chi connectivity index (χ0n) is 20.1. The van der Waals surface area contributed by atoms with Gasteiger partial charge in [0.2, 0.25) is 0 Å². The molecule has 2 aromatic carbocycles. The quantitative estimate of drug-likeness (QED) is 0.621. The highest BCUT2D eigenvalue weighted by Crippen LogP contribution is 2.61. The summed E-state index contributed by atoms with van der Waals surface area (Å²) < 4.78 is 26.8. The van der Waals surface area contributed by atoms with Crippen LogP contribution in [0.2, 0.25) is 5.04 Å². The summed E-state index contributed by atoms with van der Waals surface area (Å²) in [4.78, 5) is 0. The number of rotatable bonds is 5. The van der Waals surface area contributed by atoms with Crippen LogP contribution in [-0.4, -0.2) is 38.2 Å². The van der Waals surface area contributed by atoms with Gasteiger partial charge in [-0.05, 0) is 41.6 Å². The molecule has 5 rings (SSSR count). The highest BCUT2D eigenvalue weighted by atomic mass is 28.4. The molecule has 2 aliphatic heterocycles. The monoisotopic (exact) mass is 452 g/mol. The van der Waals surface area contributed by atoms with E-state index in [9.17, 15) is 0 Å². The Kier molecular flexibility index (Phi) is 5.23. The van der Waals surface area contributed by atoms with Crippen molar-refractivity contribution >= 4 is 18.7 Å². The summed E-state index contributed by atoms with van der Waals surface area (Å²) in [6.07, 6.45) is 1.33. The number of fused-ring (bicyclic) bond motifs is 1. The number of hydrogen-bond acceptors (Lipinski definition) is 4. The van der Waals surface area contributed by atoms with Gasteiger partial charge in [0.1, 0.15) is 17.8 Å². The minimum absolute atomic E-state index is 0.0967. The first-order chi connectivity index (χ1) is 15.1. The van der Waals surface area contributed by atoms with E-state index in [2.05, 4.69) is 88.4 Å². The molecule has 1 saturated carbocycles. The molecule has 32 heavy (non-hydrogen) atoms. The Morgan fingerprint density at radius 2 is 1.47 bits per heavy atom. The first kappa shape index (κ1) is 22.3. The maximum Gasteiger partial charge on any atom is 0.261 e. The Labute approximate surface area is 193 Å². The fraction of sp³-hybridized carbons (Fsp3) is 0.556. The molecular weight excluding hydrogens is 416 g/mol. The van der Waals surface area contributed by atoms with Gasteiger partial charge < -0.3 is 18.6 Å². The molecule has 2 heterocycles. The average Bonchev–Trinajstić information content (AvgIpc) is 3.28. The summed E-state index contributed by atoms with van der Waals surface area (Å²) in [6.45, 7) is 13.1. The van der Waals surface area contributed by atoms with Gasteiger partial charge in [0.05, 0.1) is 0 Å². The van der Waals surface area contributed by atoms with E-state index < -0.39 is 14.1 Å². The summed E-state index contributed by atoms with van der Waals surface area (Å²) in [7, 11) is -2.73. The molecule has 0 bridgehead atoms. The maximum atomic E-state index is 7.56. The number of ether oxygens (including phenoxy) is 3. The summed E-state index contributed by atoms with van der Waals surface area (Å²) in [5, 5.41) is 2.47. The molecule has 2 saturated heterocycles. The van der Waals surface area contributed by atoms with Crippen LogP contribution >= 0.6 is 0 Å². The van der Waals surface area contributed by atoms with Gasteiger partial charge in [0.25, 0.3) is 8.32 Å². The number of benzene rings is 2. The maximum absolute atomic E-state index is 7.56. The van der Waals surface area contributed by atoms with Crippen molar-refractivity contribution < 1.29 is 18.6 Å². The fourth-order valence-corrected chi connectivity index (χ4v) is 10.7. The Morgan fingerprint density at radius 1 is 0.906 bits per heavy atom. The highest BCUT2D eigenvalue weighted by Gasteiger charge is 2.73. The summed E-state index contributed by atoms with van der Waals surface area (Å²) in [6, 6.07) is 21.6. The van der Waals surface area contributed by atoms with Gasteiger partial charge in [0, 0.05) is 0 Å². The lowest BCUT2D eigenvalue weighted by atomic mass is 10.1. The molecule has 2 aromatic rings. The van der Waals surface area contributed by atoms with Crippen molar-refractivity contribution in [3.05, 3.63) is 60.7 Å². The zero-order chi connectivity index (χ0) is 22.8. The van der Waals surface area contributed by atoms with Crippen molar-refractivity contribution in [2.45, 2.75) is 89.3 Å². The van der Waals surface area contributed by atoms with Gasteiger partial charge in [-0.3, -0.25) is 0 Å². The van der Waals surface area contributed by atoms with Crippen molar-refractivity contribution in [1.82, 2.24) is 0 Å². The van der Waals surface area contributed by atoms with Gasteiger partial charge in [-0.2, -0.15) is 0 Å².